The summed E-state index contributed by atoms with van der Waals surface area (Å²) in [5, 5.41) is 0. The SMILES string of the molecule is CCCCCC1COC(/C=C/CCc2ccc(C(F)(F)Oc3ccc(-c4ccc(-c5cc(F)c(F)c(F)c5)c(F)c4)c(F)c3)c(F)c2)OC1. The van der Waals surface area contributed by atoms with E-state index in [2.05, 4.69) is 11.7 Å². The number of ether oxygens (including phenoxy) is 3. The van der Waals surface area contributed by atoms with Crippen LogP contribution in [-0.4, -0.2) is 19.5 Å². The smallest absolute Gasteiger partial charge is 0.429 e. The predicted molar refractivity (Wildman–Crippen MR) is 169 cm³/mol. The predicted octanol–water partition coefficient (Wildman–Crippen LogP) is 11.0. The van der Waals surface area contributed by atoms with Crippen molar-refractivity contribution in [3.05, 3.63) is 125 Å². The molecule has 1 aliphatic rings. The van der Waals surface area contributed by atoms with Crippen molar-refractivity contribution >= 4 is 0 Å². The molecule has 0 amide bonds. The van der Waals surface area contributed by atoms with Crippen LogP contribution in [0.4, 0.5) is 35.1 Å². The number of aryl methyl sites for hydroxylation is 1. The van der Waals surface area contributed by atoms with Crippen molar-refractivity contribution in [2.24, 2.45) is 5.92 Å². The lowest BCUT2D eigenvalue weighted by Gasteiger charge is -2.27. The Morgan fingerprint density at radius 3 is 2.04 bits per heavy atom. The summed E-state index contributed by atoms with van der Waals surface area (Å²) in [4.78, 5) is 0. The van der Waals surface area contributed by atoms with Gasteiger partial charge in [-0.05, 0) is 84.5 Å². The second-order valence-corrected chi connectivity index (χ2v) is 11.9. The van der Waals surface area contributed by atoms with Crippen molar-refractivity contribution in [3.63, 3.8) is 0 Å². The van der Waals surface area contributed by atoms with Gasteiger partial charge in [-0.25, -0.2) is 26.3 Å². The Morgan fingerprint density at radius 1 is 0.735 bits per heavy atom. The summed E-state index contributed by atoms with van der Waals surface area (Å²) in [5.41, 5.74) is -1.35. The zero-order valence-electron chi connectivity index (χ0n) is 26.6. The monoisotopic (exact) mass is 690 g/mol. The van der Waals surface area contributed by atoms with Crippen LogP contribution in [0.3, 0.4) is 0 Å². The maximum Gasteiger partial charge on any atom is 0.429 e. The lowest BCUT2D eigenvalue weighted by Crippen LogP contribution is -2.30. The Hall–Kier alpha value is -4.22. The van der Waals surface area contributed by atoms with Gasteiger partial charge in [-0.3, -0.25) is 0 Å². The van der Waals surface area contributed by atoms with Crippen molar-refractivity contribution in [3.8, 4) is 28.0 Å². The Morgan fingerprint density at radius 2 is 1.39 bits per heavy atom. The first-order valence-electron chi connectivity index (χ1n) is 15.9. The van der Waals surface area contributed by atoms with Gasteiger partial charge in [0.15, 0.2) is 23.7 Å². The summed E-state index contributed by atoms with van der Waals surface area (Å²) < 4.78 is 131. The summed E-state index contributed by atoms with van der Waals surface area (Å²) in [6.07, 6.45) is 4.42. The lowest BCUT2D eigenvalue weighted by atomic mass is 9.99. The molecule has 5 rings (SSSR count). The second-order valence-electron chi connectivity index (χ2n) is 11.9. The Balaban J connectivity index is 1.18. The maximum atomic E-state index is 15.0. The lowest BCUT2D eigenvalue weighted by molar-refractivity contribution is -0.187. The van der Waals surface area contributed by atoms with Crippen LogP contribution in [0.15, 0.2) is 78.9 Å². The number of alkyl halides is 2. The number of hydrogen-bond donors (Lipinski definition) is 0. The van der Waals surface area contributed by atoms with Gasteiger partial charge in [0.05, 0.1) is 18.8 Å². The third kappa shape index (κ3) is 9.07. The zero-order valence-corrected chi connectivity index (χ0v) is 26.6. The van der Waals surface area contributed by atoms with Crippen LogP contribution in [0.1, 0.15) is 50.2 Å². The maximum absolute atomic E-state index is 15.0. The fourth-order valence-corrected chi connectivity index (χ4v) is 5.55. The molecule has 0 aliphatic carbocycles. The van der Waals surface area contributed by atoms with Gasteiger partial charge in [-0.15, -0.1) is 0 Å². The van der Waals surface area contributed by atoms with Crippen molar-refractivity contribution < 1.29 is 49.3 Å². The molecule has 1 aliphatic heterocycles. The van der Waals surface area contributed by atoms with Crippen LogP contribution in [0.25, 0.3) is 22.3 Å². The van der Waals surface area contributed by atoms with E-state index in [0.717, 1.165) is 55.7 Å². The molecule has 1 saturated heterocycles. The fraction of sp³-hybridized carbons (Fsp3) is 0.316. The topological polar surface area (TPSA) is 27.7 Å². The highest BCUT2D eigenvalue weighted by Gasteiger charge is 2.38. The molecule has 260 valence electrons. The van der Waals surface area contributed by atoms with E-state index in [1.807, 2.05) is 6.08 Å². The Labute approximate surface area is 279 Å². The summed E-state index contributed by atoms with van der Waals surface area (Å²) >= 11 is 0. The first-order chi connectivity index (χ1) is 23.4. The highest BCUT2D eigenvalue weighted by Crippen LogP contribution is 2.36. The van der Waals surface area contributed by atoms with E-state index in [9.17, 15) is 22.0 Å². The molecule has 49 heavy (non-hydrogen) atoms. The zero-order chi connectivity index (χ0) is 35.1. The van der Waals surface area contributed by atoms with Gasteiger partial charge >= 0.3 is 6.11 Å². The second kappa shape index (κ2) is 16.0. The largest absolute Gasteiger partial charge is 0.429 e. The highest BCUT2D eigenvalue weighted by atomic mass is 19.3. The van der Waals surface area contributed by atoms with Crippen LogP contribution in [0.5, 0.6) is 5.75 Å². The van der Waals surface area contributed by atoms with E-state index in [4.69, 9.17) is 9.47 Å². The molecule has 0 unspecified atom stereocenters. The molecular formula is C38H34F8O3. The molecule has 0 N–H and O–H groups in total. The average molecular weight is 691 g/mol. The molecule has 1 heterocycles. The summed E-state index contributed by atoms with van der Waals surface area (Å²) in [5.74, 6) is -8.22. The molecule has 0 atom stereocenters. The van der Waals surface area contributed by atoms with Crippen LogP contribution in [-0.2, 0) is 22.0 Å². The van der Waals surface area contributed by atoms with E-state index >= 15 is 13.2 Å². The molecule has 0 aromatic heterocycles. The molecule has 0 radical (unpaired) electrons. The first-order valence-corrected chi connectivity index (χ1v) is 15.9. The molecule has 11 heteroatoms. The minimum Gasteiger partial charge on any atom is -0.429 e. The van der Waals surface area contributed by atoms with E-state index in [0.29, 0.717) is 55.7 Å². The van der Waals surface area contributed by atoms with E-state index in [-0.39, 0.29) is 22.3 Å². The minimum atomic E-state index is -4.16. The van der Waals surface area contributed by atoms with E-state index in [1.165, 1.54) is 18.6 Å². The Kier molecular flexibility index (Phi) is 11.8. The molecule has 3 nitrogen and oxygen atoms in total. The number of unbranched alkanes of at least 4 members (excludes halogenated alkanes) is 2. The van der Waals surface area contributed by atoms with Crippen molar-refractivity contribution in [2.75, 3.05) is 13.2 Å². The van der Waals surface area contributed by atoms with Gasteiger partial charge in [-0.1, -0.05) is 50.5 Å². The number of benzene rings is 4. The van der Waals surface area contributed by atoms with Crippen LogP contribution >= 0.6 is 0 Å². The summed E-state index contributed by atoms with van der Waals surface area (Å²) in [6.45, 7) is 3.41. The van der Waals surface area contributed by atoms with Gasteiger partial charge in [-0.2, -0.15) is 8.78 Å². The van der Waals surface area contributed by atoms with Gasteiger partial charge < -0.3 is 14.2 Å². The number of hydrogen-bond acceptors (Lipinski definition) is 3. The number of rotatable bonds is 13. The molecule has 4 aromatic rings. The standard InChI is InChI=1S/C38H34F8O3/c1-2-3-4-8-24-21-47-36(48-22-24)9-6-5-7-23-10-15-30(33(41)16-23)38(45,46)49-27-12-14-28(32(40)20-27)25-11-13-29(31(39)17-25)26-18-34(42)37(44)35(43)19-26/h6,9-20,24,36H,2-5,7-8,21-22H2,1H3/b9-6+. The number of halogens is 8. The quantitative estimate of drug-likeness (QED) is 0.0605. The molecule has 4 aromatic carbocycles. The molecular weight excluding hydrogens is 656 g/mol. The third-order valence-corrected chi connectivity index (χ3v) is 8.21. The molecule has 1 fully saturated rings. The minimum absolute atomic E-state index is 0.0261. The van der Waals surface area contributed by atoms with Crippen LogP contribution in [0, 0.1) is 40.8 Å². The summed E-state index contributed by atoms with van der Waals surface area (Å²) in [7, 11) is 0. The van der Waals surface area contributed by atoms with Gasteiger partial charge in [0.2, 0.25) is 0 Å². The van der Waals surface area contributed by atoms with E-state index < -0.39 is 58.6 Å². The highest BCUT2D eigenvalue weighted by molar-refractivity contribution is 5.72. The third-order valence-electron chi connectivity index (χ3n) is 8.21. The van der Waals surface area contributed by atoms with Crippen LogP contribution < -0.4 is 4.74 Å². The van der Waals surface area contributed by atoms with Gasteiger partial charge in [0, 0.05) is 23.1 Å². The fourth-order valence-electron chi connectivity index (χ4n) is 5.55. The van der Waals surface area contributed by atoms with Crippen molar-refractivity contribution in [2.45, 2.75) is 57.8 Å². The van der Waals surface area contributed by atoms with Crippen LogP contribution in [0.2, 0.25) is 0 Å². The molecule has 0 saturated carbocycles. The van der Waals surface area contributed by atoms with Crippen molar-refractivity contribution in [1.29, 1.82) is 0 Å². The molecule has 0 bridgehead atoms. The molecule has 0 spiro atoms. The Bertz CT molecular complexity index is 1760. The van der Waals surface area contributed by atoms with E-state index in [1.54, 1.807) is 6.08 Å². The van der Waals surface area contributed by atoms with Gasteiger partial charge in [0.1, 0.15) is 23.2 Å². The first kappa shape index (κ1) is 36.1. The average Bonchev–Trinajstić information content (AvgIpc) is 3.06. The van der Waals surface area contributed by atoms with Gasteiger partial charge in [0.25, 0.3) is 0 Å². The normalized spacial score (nSPS) is 16.8. The number of allylic oxidation sites excluding steroid dienone is 1. The summed E-state index contributed by atoms with van der Waals surface area (Å²) in [6, 6.07) is 10.4. The van der Waals surface area contributed by atoms with Crippen molar-refractivity contribution in [1.82, 2.24) is 0 Å².